The maximum absolute atomic E-state index is 12.5. The smallest absolute Gasteiger partial charge is 0.275 e. The number of amides is 1. The average Bonchev–Trinajstić information content (AvgIpc) is 2.64. The molecule has 1 amide bonds. The van der Waals surface area contributed by atoms with Crippen molar-refractivity contribution in [2.75, 3.05) is 10.6 Å². The number of carbonyl (C=O) groups excluding carboxylic acids is 1. The summed E-state index contributed by atoms with van der Waals surface area (Å²) in [4.78, 5) is 21.0. The minimum absolute atomic E-state index is 0.261. The van der Waals surface area contributed by atoms with Crippen molar-refractivity contribution >= 4 is 17.4 Å². The van der Waals surface area contributed by atoms with Crippen molar-refractivity contribution < 1.29 is 4.79 Å². The van der Waals surface area contributed by atoms with Crippen LogP contribution in [0.2, 0.25) is 0 Å². The third-order valence-corrected chi connectivity index (χ3v) is 4.39. The maximum Gasteiger partial charge on any atom is 0.275 e. The fourth-order valence-electron chi connectivity index (χ4n) is 2.99. The van der Waals surface area contributed by atoms with E-state index in [4.69, 9.17) is 0 Å². The van der Waals surface area contributed by atoms with E-state index in [1.807, 2.05) is 32.9 Å². The highest BCUT2D eigenvalue weighted by Crippen LogP contribution is 2.22. The standard InChI is InChI=1S/C22H24N4O/c1-14-5-7-18(8-6-14)11-24-20-13-23-19(12-25-20)22(27)26-21-16(3)9-15(2)10-17(21)4/h5-10,12-13H,11H2,1-4H3,(H,24,25)(H,26,27). The van der Waals surface area contributed by atoms with Gasteiger partial charge in [-0.05, 0) is 44.4 Å². The van der Waals surface area contributed by atoms with Crippen LogP contribution in [-0.4, -0.2) is 15.9 Å². The van der Waals surface area contributed by atoms with E-state index in [9.17, 15) is 4.79 Å². The first-order valence-electron chi connectivity index (χ1n) is 8.93. The van der Waals surface area contributed by atoms with Crippen LogP contribution in [0.25, 0.3) is 0 Å². The molecule has 0 saturated heterocycles. The summed E-state index contributed by atoms with van der Waals surface area (Å²) in [6, 6.07) is 12.4. The van der Waals surface area contributed by atoms with Crippen LogP contribution in [0.5, 0.6) is 0 Å². The number of anilines is 2. The second-order valence-corrected chi connectivity index (χ2v) is 6.85. The zero-order valence-corrected chi connectivity index (χ0v) is 16.1. The van der Waals surface area contributed by atoms with Gasteiger partial charge in [0.05, 0.1) is 12.4 Å². The molecule has 0 aliphatic heterocycles. The van der Waals surface area contributed by atoms with E-state index in [0.29, 0.717) is 12.4 Å². The molecule has 1 heterocycles. The Labute approximate surface area is 159 Å². The van der Waals surface area contributed by atoms with E-state index in [1.165, 1.54) is 17.3 Å². The molecule has 0 bridgehead atoms. The van der Waals surface area contributed by atoms with Crippen molar-refractivity contribution in [2.24, 2.45) is 0 Å². The van der Waals surface area contributed by atoms with Crippen LogP contribution in [0.15, 0.2) is 48.8 Å². The summed E-state index contributed by atoms with van der Waals surface area (Å²) in [7, 11) is 0. The molecule has 0 fully saturated rings. The van der Waals surface area contributed by atoms with Gasteiger partial charge in [0.1, 0.15) is 11.5 Å². The van der Waals surface area contributed by atoms with Gasteiger partial charge in [0.2, 0.25) is 0 Å². The minimum atomic E-state index is -0.261. The third-order valence-electron chi connectivity index (χ3n) is 4.39. The van der Waals surface area contributed by atoms with Gasteiger partial charge in [-0.25, -0.2) is 9.97 Å². The van der Waals surface area contributed by atoms with E-state index in [2.05, 4.69) is 51.8 Å². The predicted molar refractivity (Wildman–Crippen MR) is 109 cm³/mol. The van der Waals surface area contributed by atoms with Crippen LogP contribution in [0.1, 0.15) is 38.3 Å². The number of hydrogen-bond acceptors (Lipinski definition) is 4. The first-order chi connectivity index (χ1) is 12.9. The Kier molecular flexibility index (Phi) is 5.50. The highest BCUT2D eigenvalue weighted by Gasteiger charge is 2.12. The first-order valence-corrected chi connectivity index (χ1v) is 8.93. The number of aromatic nitrogens is 2. The SMILES string of the molecule is Cc1ccc(CNc2cnc(C(=O)Nc3c(C)cc(C)cc3C)cn2)cc1. The van der Waals surface area contributed by atoms with Crippen molar-refractivity contribution in [3.63, 3.8) is 0 Å². The number of nitrogens with one attached hydrogen (secondary N) is 2. The monoisotopic (exact) mass is 360 g/mol. The zero-order chi connectivity index (χ0) is 19.4. The summed E-state index contributed by atoms with van der Waals surface area (Å²) in [5.41, 5.74) is 6.74. The molecule has 0 atom stereocenters. The van der Waals surface area contributed by atoms with Gasteiger partial charge in [-0.2, -0.15) is 0 Å². The van der Waals surface area contributed by atoms with Gasteiger partial charge in [-0.1, -0.05) is 47.5 Å². The third kappa shape index (κ3) is 4.70. The van der Waals surface area contributed by atoms with Crippen molar-refractivity contribution in [1.82, 2.24) is 9.97 Å². The number of carbonyl (C=O) groups is 1. The Morgan fingerprint density at radius 2 is 1.56 bits per heavy atom. The fourth-order valence-corrected chi connectivity index (χ4v) is 2.99. The Balaban J connectivity index is 1.64. The van der Waals surface area contributed by atoms with E-state index in [0.717, 1.165) is 22.4 Å². The Morgan fingerprint density at radius 3 is 2.15 bits per heavy atom. The van der Waals surface area contributed by atoms with Gasteiger partial charge in [-0.3, -0.25) is 4.79 Å². The second kappa shape index (κ2) is 7.99. The number of rotatable bonds is 5. The van der Waals surface area contributed by atoms with Gasteiger partial charge >= 0.3 is 0 Å². The molecule has 3 rings (SSSR count). The molecule has 0 radical (unpaired) electrons. The van der Waals surface area contributed by atoms with Crippen LogP contribution >= 0.6 is 0 Å². The molecule has 0 saturated carbocycles. The number of aryl methyl sites for hydroxylation is 4. The molecule has 0 spiro atoms. The lowest BCUT2D eigenvalue weighted by Crippen LogP contribution is -2.16. The highest BCUT2D eigenvalue weighted by atomic mass is 16.1. The Morgan fingerprint density at radius 1 is 0.889 bits per heavy atom. The zero-order valence-electron chi connectivity index (χ0n) is 16.1. The lowest BCUT2D eigenvalue weighted by Gasteiger charge is -2.12. The molecule has 0 aliphatic carbocycles. The molecule has 27 heavy (non-hydrogen) atoms. The summed E-state index contributed by atoms with van der Waals surface area (Å²) < 4.78 is 0. The maximum atomic E-state index is 12.5. The summed E-state index contributed by atoms with van der Waals surface area (Å²) in [6.45, 7) is 8.73. The molecule has 5 heteroatoms. The fraction of sp³-hybridized carbons (Fsp3) is 0.227. The van der Waals surface area contributed by atoms with Gasteiger partial charge in [0, 0.05) is 12.2 Å². The average molecular weight is 360 g/mol. The van der Waals surface area contributed by atoms with Gasteiger partial charge in [-0.15, -0.1) is 0 Å². The van der Waals surface area contributed by atoms with Crippen LogP contribution < -0.4 is 10.6 Å². The van der Waals surface area contributed by atoms with Crippen LogP contribution in [0.3, 0.4) is 0 Å². The second-order valence-electron chi connectivity index (χ2n) is 6.85. The van der Waals surface area contributed by atoms with E-state index >= 15 is 0 Å². The van der Waals surface area contributed by atoms with Gasteiger partial charge < -0.3 is 10.6 Å². The van der Waals surface area contributed by atoms with Crippen molar-refractivity contribution in [3.05, 3.63) is 82.3 Å². The molecule has 0 aliphatic rings. The van der Waals surface area contributed by atoms with Gasteiger partial charge in [0.15, 0.2) is 0 Å². The molecule has 5 nitrogen and oxygen atoms in total. The first kappa shape index (κ1) is 18.6. The molecule has 2 aromatic carbocycles. The Bertz CT molecular complexity index is 924. The largest absolute Gasteiger partial charge is 0.365 e. The number of nitrogens with zero attached hydrogens (tertiary/aromatic N) is 2. The Hall–Kier alpha value is -3.21. The van der Waals surface area contributed by atoms with E-state index in [1.54, 1.807) is 6.20 Å². The normalized spacial score (nSPS) is 10.5. The quantitative estimate of drug-likeness (QED) is 0.699. The summed E-state index contributed by atoms with van der Waals surface area (Å²) in [6.07, 6.45) is 3.07. The predicted octanol–water partition coefficient (Wildman–Crippen LogP) is 4.57. The van der Waals surface area contributed by atoms with Crippen LogP contribution in [0.4, 0.5) is 11.5 Å². The lowest BCUT2D eigenvalue weighted by molar-refractivity contribution is 0.102. The minimum Gasteiger partial charge on any atom is -0.365 e. The summed E-state index contributed by atoms with van der Waals surface area (Å²) in [5.74, 6) is 0.373. The molecule has 1 aromatic heterocycles. The number of benzene rings is 2. The summed E-state index contributed by atoms with van der Waals surface area (Å²) >= 11 is 0. The highest BCUT2D eigenvalue weighted by molar-refractivity contribution is 6.03. The van der Waals surface area contributed by atoms with Crippen molar-refractivity contribution in [1.29, 1.82) is 0 Å². The topological polar surface area (TPSA) is 66.9 Å². The van der Waals surface area contributed by atoms with Gasteiger partial charge in [0.25, 0.3) is 5.91 Å². The summed E-state index contributed by atoms with van der Waals surface area (Å²) in [5, 5.41) is 6.16. The van der Waals surface area contributed by atoms with Crippen LogP contribution in [0, 0.1) is 27.7 Å². The molecule has 2 N–H and O–H groups in total. The molecular weight excluding hydrogens is 336 g/mol. The van der Waals surface area contributed by atoms with E-state index < -0.39 is 0 Å². The van der Waals surface area contributed by atoms with Crippen molar-refractivity contribution in [2.45, 2.75) is 34.2 Å². The lowest BCUT2D eigenvalue weighted by atomic mass is 10.1. The van der Waals surface area contributed by atoms with Crippen LogP contribution in [-0.2, 0) is 6.54 Å². The van der Waals surface area contributed by atoms with E-state index in [-0.39, 0.29) is 11.6 Å². The molecule has 138 valence electrons. The molecule has 0 unspecified atom stereocenters. The molecule has 3 aromatic rings. The van der Waals surface area contributed by atoms with Crippen molar-refractivity contribution in [3.8, 4) is 0 Å². The number of hydrogen-bond donors (Lipinski definition) is 2. The molecular formula is C22H24N4O.